The van der Waals surface area contributed by atoms with Crippen molar-refractivity contribution in [3.05, 3.63) is 65.0 Å². The maximum atomic E-state index is 13.7. The third-order valence-corrected chi connectivity index (χ3v) is 3.09. The number of carbonyl (C=O) groups is 1. The molecule has 2 N–H and O–H groups in total. The molecular formula is C17H15FN2O3. The molecule has 0 spiro atoms. The highest BCUT2D eigenvalue weighted by atomic mass is 19.1. The molecule has 0 heterocycles. The fraction of sp³-hybridized carbons (Fsp3) is 0.176. The van der Waals surface area contributed by atoms with Crippen molar-refractivity contribution < 1.29 is 19.0 Å². The Morgan fingerprint density at radius 1 is 1.26 bits per heavy atom. The zero-order valence-electron chi connectivity index (χ0n) is 12.3. The van der Waals surface area contributed by atoms with Crippen LogP contribution in [0.1, 0.15) is 21.5 Å². The predicted molar refractivity (Wildman–Crippen MR) is 81.3 cm³/mol. The number of halogens is 1. The molecule has 0 radical (unpaired) electrons. The van der Waals surface area contributed by atoms with Gasteiger partial charge >= 0.3 is 0 Å². The number of ether oxygens (including phenoxy) is 1. The average molecular weight is 314 g/mol. The standard InChI is InChI=1S/C17H15FN2O3/c18-16-9-12(10-19)1-2-14(16)11-23-15-5-3-13(4-6-15)17(22)20-7-8-21/h1-6,9,21H,7-8,11H2,(H,20,22). The highest BCUT2D eigenvalue weighted by Crippen LogP contribution is 2.16. The topological polar surface area (TPSA) is 82.3 Å². The number of carbonyl (C=O) groups excluding carboxylic acids is 1. The zero-order valence-corrected chi connectivity index (χ0v) is 12.3. The minimum Gasteiger partial charge on any atom is -0.489 e. The SMILES string of the molecule is N#Cc1ccc(COc2ccc(C(=O)NCCO)cc2)c(F)c1. The summed E-state index contributed by atoms with van der Waals surface area (Å²) in [5, 5.41) is 19.9. The van der Waals surface area contributed by atoms with E-state index in [1.165, 1.54) is 12.1 Å². The molecule has 1 amide bonds. The number of aliphatic hydroxyl groups is 1. The summed E-state index contributed by atoms with van der Waals surface area (Å²) in [7, 11) is 0. The van der Waals surface area contributed by atoms with Crippen molar-refractivity contribution in [2.24, 2.45) is 0 Å². The summed E-state index contributed by atoms with van der Waals surface area (Å²) in [5.41, 5.74) is 1.04. The largest absolute Gasteiger partial charge is 0.489 e. The monoisotopic (exact) mass is 314 g/mol. The average Bonchev–Trinajstić information content (AvgIpc) is 2.59. The van der Waals surface area contributed by atoms with Crippen LogP contribution in [-0.2, 0) is 6.61 Å². The molecule has 23 heavy (non-hydrogen) atoms. The normalized spacial score (nSPS) is 9.96. The van der Waals surface area contributed by atoms with Gasteiger partial charge in [0.2, 0.25) is 0 Å². The van der Waals surface area contributed by atoms with Crippen molar-refractivity contribution in [2.75, 3.05) is 13.2 Å². The first kappa shape index (κ1) is 16.5. The lowest BCUT2D eigenvalue weighted by molar-refractivity contribution is 0.0944. The first-order valence-electron chi connectivity index (χ1n) is 6.94. The fourth-order valence-electron chi connectivity index (χ4n) is 1.87. The second kappa shape index (κ2) is 7.92. The van der Waals surface area contributed by atoms with Gasteiger partial charge in [-0.3, -0.25) is 4.79 Å². The lowest BCUT2D eigenvalue weighted by atomic mass is 10.1. The summed E-state index contributed by atoms with van der Waals surface area (Å²) in [4.78, 5) is 11.7. The molecule has 0 fully saturated rings. The summed E-state index contributed by atoms with van der Waals surface area (Å²) in [5.74, 6) is -0.291. The van der Waals surface area contributed by atoms with E-state index in [9.17, 15) is 9.18 Å². The van der Waals surface area contributed by atoms with E-state index < -0.39 is 5.82 Å². The van der Waals surface area contributed by atoms with E-state index in [-0.39, 0.29) is 31.2 Å². The van der Waals surface area contributed by atoms with E-state index in [2.05, 4.69) is 5.32 Å². The summed E-state index contributed by atoms with van der Waals surface area (Å²) in [6, 6.07) is 12.4. The number of amides is 1. The Balaban J connectivity index is 1.96. The fourth-order valence-corrected chi connectivity index (χ4v) is 1.87. The molecule has 6 heteroatoms. The highest BCUT2D eigenvalue weighted by Gasteiger charge is 2.07. The molecule has 0 atom stereocenters. The molecule has 0 aliphatic rings. The third-order valence-electron chi connectivity index (χ3n) is 3.09. The Kier molecular flexibility index (Phi) is 5.67. The molecule has 118 valence electrons. The van der Waals surface area contributed by atoms with Gasteiger partial charge in [-0.05, 0) is 36.4 Å². The molecule has 2 rings (SSSR count). The van der Waals surface area contributed by atoms with Crippen molar-refractivity contribution in [1.29, 1.82) is 5.26 Å². The summed E-state index contributed by atoms with van der Waals surface area (Å²) < 4.78 is 19.2. The minimum atomic E-state index is -0.496. The van der Waals surface area contributed by atoms with Gasteiger partial charge in [0.15, 0.2) is 0 Å². The number of aliphatic hydroxyl groups excluding tert-OH is 1. The number of benzene rings is 2. The minimum absolute atomic E-state index is 0.0214. The molecule has 0 bridgehead atoms. The van der Waals surface area contributed by atoms with E-state index in [4.69, 9.17) is 15.1 Å². The van der Waals surface area contributed by atoms with Crippen LogP contribution in [0.4, 0.5) is 4.39 Å². The lowest BCUT2D eigenvalue weighted by Gasteiger charge is -2.08. The van der Waals surface area contributed by atoms with Crippen molar-refractivity contribution in [3.63, 3.8) is 0 Å². The second-order valence-corrected chi connectivity index (χ2v) is 4.71. The van der Waals surface area contributed by atoms with Crippen LogP contribution in [0.3, 0.4) is 0 Å². The molecule has 0 aliphatic heterocycles. The molecular weight excluding hydrogens is 299 g/mol. The third kappa shape index (κ3) is 4.53. The van der Waals surface area contributed by atoms with E-state index in [1.54, 1.807) is 24.3 Å². The van der Waals surface area contributed by atoms with Crippen LogP contribution in [0.25, 0.3) is 0 Å². The first-order valence-corrected chi connectivity index (χ1v) is 6.94. The van der Waals surface area contributed by atoms with Gasteiger partial charge in [-0.15, -0.1) is 0 Å². The number of hydrogen-bond donors (Lipinski definition) is 2. The first-order chi connectivity index (χ1) is 11.1. The maximum Gasteiger partial charge on any atom is 0.251 e. The van der Waals surface area contributed by atoms with Gasteiger partial charge in [-0.2, -0.15) is 5.26 Å². The quantitative estimate of drug-likeness (QED) is 0.854. The van der Waals surface area contributed by atoms with Gasteiger partial charge in [0.05, 0.1) is 18.2 Å². The molecule has 5 nitrogen and oxygen atoms in total. The Hall–Kier alpha value is -2.91. The van der Waals surface area contributed by atoms with Crippen LogP contribution in [0.2, 0.25) is 0 Å². The van der Waals surface area contributed by atoms with Gasteiger partial charge in [0.25, 0.3) is 5.91 Å². The van der Waals surface area contributed by atoms with Gasteiger partial charge in [0.1, 0.15) is 18.2 Å². The van der Waals surface area contributed by atoms with Crippen molar-refractivity contribution >= 4 is 5.91 Å². The molecule has 2 aromatic rings. The van der Waals surface area contributed by atoms with Gasteiger partial charge < -0.3 is 15.2 Å². The van der Waals surface area contributed by atoms with Gasteiger partial charge in [0, 0.05) is 17.7 Å². The number of nitriles is 1. The number of nitrogens with one attached hydrogen (secondary N) is 1. The summed E-state index contributed by atoms with van der Waals surface area (Å²) in [6.07, 6.45) is 0. The van der Waals surface area contributed by atoms with Crippen LogP contribution in [0, 0.1) is 17.1 Å². The zero-order chi connectivity index (χ0) is 16.7. The van der Waals surface area contributed by atoms with Crippen LogP contribution in [0.5, 0.6) is 5.75 Å². The predicted octanol–water partition coefficient (Wildman–Crippen LogP) is 2.00. The molecule has 0 saturated heterocycles. The van der Waals surface area contributed by atoms with E-state index in [1.807, 2.05) is 6.07 Å². The number of rotatable bonds is 6. The molecule has 0 aromatic heterocycles. The Bertz CT molecular complexity index is 724. The van der Waals surface area contributed by atoms with E-state index >= 15 is 0 Å². The molecule has 0 saturated carbocycles. The van der Waals surface area contributed by atoms with Crippen LogP contribution in [0.15, 0.2) is 42.5 Å². The van der Waals surface area contributed by atoms with Gasteiger partial charge in [-0.1, -0.05) is 6.07 Å². The van der Waals surface area contributed by atoms with Gasteiger partial charge in [-0.25, -0.2) is 4.39 Å². The molecule has 0 aliphatic carbocycles. The van der Waals surface area contributed by atoms with Crippen LogP contribution >= 0.6 is 0 Å². The smallest absolute Gasteiger partial charge is 0.251 e. The number of nitrogens with zero attached hydrogens (tertiary/aromatic N) is 1. The van der Waals surface area contributed by atoms with Crippen molar-refractivity contribution in [3.8, 4) is 11.8 Å². The van der Waals surface area contributed by atoms with Crippen molar-refractivity contribution in [1.82, 2.24) is 5.32 Å². The van der Waals surface area contributed by atoms with E-state index in [0.717, 1.165) is 6.07 Å². The Labute approximate surface area is 132 Å². The lowest BCUT2D eigenvalue weighted by Crippen LogP contribution is -2.26. The maximum absolute atomic E-state index is 13.7. The summed E-state index contributed by atoms with van der Waals surface area (Å²) >= 11 is 0. The summed E-state index contributed by atoms with van der Waals surface area (Å²) in [6.45, 7) is 0.0890. The Morgan fingerprint density at radius 3 is 2.61 bits per heavy atom. The van der Waals surface area contributed by atoms with E-state index in [0.29, 0.717) is 16.9 Å². The molecule has 2 aromatic carbocycles. The second-order valence-electron chi connectivity index (χ2n) is 4.71. The molecule has 0 unspecified atom stereocenters. The number of hydrogen-bond acceptors (Lipinski definition) is 4. The van der Waals surface area contributed by atoms with Crippen LogP contribution in [-0.4, -0.2) is 24.2 Å². The highest BCUT2D eigenvalue weighted by molar-refractivity contribution is 5.94. The van der Waals surface area contributed by atoms with Crippen LogP contribution < -0.4 is 10.1 Å². The Morgan fingerprint density at radius 2 is 2.00 bits per heavy atom. The van der Waals surface area contributed by atoms with Crippen molar-refractivity contribution in [2.45, 2.75) is 6.61 Å².